The van der Waals surface area contributed by atoms with Gasteiger partial charge in [-0.2, -0.15) is 119 Å². The van der Waals surface area contributed by atoms with Crippen molar-refractivity contribution in [1.29, 1.82) is 0 Å². The molecule has 0 amide bonds. The maximum atomic E-state index is 13.3. The third-order valence-corrected chi connectivity index (χ3v) is 4.37. The average molecular weight is 748 g/mol. The van der Waals surface area contributed by atoms with Gasteiger partial charge in [-0.1, -0.05) is 0 Å². The van der Waals surface area contributed by atoms with Crippen LogP contribution in [0.25, 0.3) is 0 Å². The Morgan fingerprint density at radius 2 is 0.511 bits per heavy atom. The molecule has 31 heteroatoms. The van der Waals surface area contributed by atoms with Gasteiger partial charge in [-0.25, -0.2) is 14.2 Å². The summed E-state index contributed by atoms with van der Waals surface area (Å²) in [5.41, 5.74) is 0. The second-order valence-corrected chi connectivity index (χ2v) is 7.64. The maximum Gasteiger partial charge on any atom is 0.460 e. The first kappa shape index (κ1) is 43.0. The normalized spacial score (nSPS) is 16.8. The number of alkyl halides is 27. The second kappa shape index (κ2) is 11.0. The minimum atomic E-state index is -8.67. The summed E-state index contributed by atoms with van der Waals surface area (Å²) in [7, 11) is 0. The van der Waals surface area contributed by atoms with E-state index < -0.39 is 85.0 Å². The third-order valence-electron chi connectivity index (χ3n) is 4.37. The summed E-state index contributed by atoms with van der Waals surface area (Å²) in [6.45, 7) is -3.63. The van der Waals surface area contributed by atoms with Crippen molar-refractivity contribution in [2.45, 2.75) is 78.4 Å². The largest absolute Gasteiger partial charge is 0.460 e. The lowest BCUT2D eigenvalue weighted by Crippen LogP contribution is -2.69. The van der Waals surface area contributed by atoms with E-state index >= 15 is 0 Å². The van der Waals surface area contributed by atoms with E-state index in [1.54, 1.807) is 0 Å². The highest BCUT2D eigenvalue weighted by Crippen LogP contribution is 2.60. The van der Waals surface area contributed by atoms with Crippen molar-refractivity contribution in [1.82, 2.24) is 0 Å². The molecule has 45 heavy (non-hydrogen) atoms. The molecule has 1 N–H and O–H groups in total. The van der Waals surface area contributed by atoms with Crippen molar-refractivity contribution < 1.29 is 138 Å². The monoisotopic (exact) mass is 748 g/mol. The average Bonchev–Trinajstić information content (AvgIpc) is 2.75. The van der Waals surface area contributed by atoms with Crippen molar-refractivity contribution in [2.75, 3.05) is 6.61 Å². The quantitative estimate of drug-likeness (QED) is 0.173. The number of hydrogen-bond acceptors (Lipinski definition) is 4. The van der Waals surface area contributed by atoms with Gasteiger partial charge in [0.2, 0.25) is 0 Å². The molecular weight excluding hydrogens is 745 g/mol. The molecule has 0 aliphatic carbocycles. The zero-order valence-electron chi connectivity index (χ0n) is 19.1. The van der Waals surface area contributed by atoms with Gasteiger partial charge >= 0.3 is 78.4 Å². The number of hydrogen-bond donors (Lipinski definition) is 1. The van der Waals surface area contributed by atoms with Gasteiger partial charge in [0, 0.05) is 0 Å². The van der Waals surface area contributed by atoms with Crippen molar-refractivity contribution in [2.24, 2.45) is 0 Å². The maximum absolute atomic E-state index is 13.3. The van der Waals surface area contributed by atoms with E-state index in [1.807, 2.05) is 0 Å². The van der Waals surface area contributed by atoms with E-state index in [9.17, 15) is 119 Å². The molecule has 0 fully saturated rings. The smallest absolute Gasteiger partial charge is 0.390 e. The van der Waals surface area contributed by atoms with Gasteiger partial charge in [0.1, 0.15) is 6.61 Å². The Labute approximate surface area is 224 Å². The Morgan fingerprint density at radius 3 is 0.733 bits per heavy atom. The minimum Gasteiger partial charge on any atom is -0.390 e. The van der Waals surface area contributed by atoms with Crippen LogP contribution >= 0.6 is 0 Å². The van der Waals surface area contributed by atoms with Gasteiger partial charge in [-0.05, 0) is 0 Å². The molecule has 4 nitrogen and oxygen atoms in total. The van der Waals surface area contributed by atoms with Crippen LogP contribution in [0.1, 0.15) is 0 Å². The first-order chi connectivity index (χ1) is 18.9. The summed E-state index contributed by atoms with van der Waals surface area (Å²) < 4.78 is 353. The second-order valence-electron chi connectivity index (χ2n) is 7.64. The molecule has 0 bridgehead atoms. The van der Waals surface area contributed by atoms with Crippen molar-refractivity contribution in [3.63, 3.8) is 0 Å². The molecule has 272 valence electrons. The van der Waals surface area contributed by atoms with Crippen molar-refractivity contribution in [3.8, 4) is 0 Å². The topological polar surface area (TPSA) is 47.9 Å². The van der Waals surface area contributed by atoms with Gasteiger partial charge in [-0.15, -0.1) is 0 Å². The number of rotatable bonds is 15. The molecule has 0 heterocycles. The predicted octanol–water partition coefficient (Wildman–Crippen LogP) is 7.96. The van der Waals surface area contributed by atoms with E-state index in [0.717, 1.165) is 14.2 Å². The molecule has 0 atom stereocenters. The molecule has 0 spiro atoms. The van der Waals surface area contributed by atoms with Crippen LogP contribution in [0.15, 0.2) is 0 Å². The van der Waals surface area contributed by atoms with E-state index in [0.29, 0.717) is 0 Å². The molecule has 0 unspecified atom stereocenters. The number of ether oxygens (including phenoxy) is 3. The molecule has 0 radical (unpaired) electrons. The van der Waals surface area contributed by atoms with Gasteiger partial charge in [-0.3, -0.25) is 0 Å². The Balaban J connectivity index is 6.55. The SMILES string of the molecule is OCC(F)(F)C(F)(F)C(F)(F)C(F)(F)C(F)(F)OC(F)(F)C(F)(F)OC(F)(F)C(F)(F)OC(F)(F)C(F)(F)C(F)(F)C(F)(F)F. The van der Waals surface area contributed by atoms with Crippen LogP contribution < -0.4 is 0 Å². The Kier molecular flexibility index (Phi) is 10.5. The highest BCUT2D eigenvalue weighted by molar-refractivity contribution is 5.06. The molecule has 0 saturated heterocycles. The molecule has 0 aromatic rings. The zero-order valence-corrected chi connectivity index (χ0v) is 19.1. The summed E-state index contributed by atoms with van der Waals surface area (Å²) >= 11 is 0. The standard InChI is InChI=1S/C14H3F27O4/c15-2(16,1-42)3(17,18)4(19,20)6(23,24)9(30,31)43-11(34,35)13(38,39)45-14(40,41)12(36,37)44-10(32,33)7(25,26)5(21,22)8(27,28)29/h42H,1H2. The van der Waals surface area contributed by atoms with Crippen LogP contribution in [-0.4, -0.2) is 90.1 Å². The Morgan fingerprint density at radius 1 is 0.289 bits per heavy atom. The molecule has 0 aromatic carbocycles. The molecule has 0 aliphatic rings. The zero-order chi connectivity index (χ0) is 37.3. The predicted molar refractivity (Wildman–Crippen MR) is 75.8 cm³/mol. The Hall–Kier alpha value is -2.05. The molecule has 0 rings (SSSR count). The van der Waals surface area contributed by atoms with Crippen molar-refractivity contribution >= 4 is 0 Å². The summed E-state index contributed by atoms with van der Waals surface area (Å²) in [6, 6.07) is 0. The highest BCUT2D eigenvalue weighted by Gasteiger charge is 2.89. The van der Waals surface area contributed by atoms with Gasteiger partial charge in [0.25, 0.3) is 0 Å². The van der Waals surface area contributed by atoms with Gasteiger partial charge in [0.15, 0.2) is 0 Å². The molecule has 0 aromatic heterocycles. The minimum absolute atomic E-state index is 0.942. The lowest BCUT2D eigenvalue weighted by atomic mass is 9.98. The van der Waals surface area contributed by atoms with E-state index in [4.69, 9.17) is 5.11 Å². The summed E-state index contributed by atoms with van der Waals surface area (Å²) in [5.74, 6) is -48.8. The van der Waals surface area contributed by atoms with Crippen LogP contribution in [0.3, 0.4) is 0 Å². The van der Waals surface area contributed by atoms with Gasteiger partial charge < -0.3 is 5.11 Å². The first-order valence-corrected chi connectivity index (χ1v) is 9.25. The van der Waals surface area contributed by atoms with Crippen LogP contribution in [0.4, 0.5) is 119 Å². The summed E-state index contributed by atoms with van der Waals surface area (Å²) in [6.07, 6.45) is -58.2. The van der Waals surface area contributed by atoms with Gasteiger partial charge in [0.05, 0.1) is 0 Å². The fourth-order valence-corrected chi connectivity index (χ4v) is 1.92. The molecule has 0 aliphatic heterocycles. The first-order valence-electron chi connectivity index (χ1n) is 9.25. The lowest BCUT2D eigenvalue weighted by molar-refractivity contribution is -0.577. The summed E-state index contributed by atoms with van der Waals surface area (Å²) in [4.78, 5) is 0. The van der Waals surface area contributed by atoms with Crippen LogP contribution in [0.5, 0.6) is 0 Å². The number of aliphatic hydroxyl groups excluding tert-OH is 1. The fraction of sp³-hybridized carbons (Fsp3) is 1.00. The third kappa shape index (κ3) is 6.70. The lowest BCUT2D eigenvalue weighted by Gasteiger charge is -2.40. The van der Waals surface area contributed by atoms with E-state index in [-0.39, 0.29) is 0 Å². The summed E-state index contributed by atoms with van der Waals surface area (Å²) in [5, 5.41) is 7.84. The van der Waals surface area contributed by atoms with Crippen molar-refractivity contribution in [3.05, 3.63) is 0 Å². The highest BCUT2D eigenvalue weighted by atomic mass is 19.4. The van der Waals surface area contributed by atoms with E-state index in [2.05, 4.69) is 0 Å². The molecular formula is C14H3F27O4. The van der Waals surface area contributed by atoms with E-state index in [1.165, 1.54) is 0 Å². The number of halogens is 27. The van der Waals surface area contributed by atoms with Crippen LogP contribution in [0.2, 0.25) is 0 Å². The fourth-order valence-electron chi connectivity index (χ4n) is 1.92. The van der Waals surface area contributed by atoms with Crippen LogP contribution in [0, 0.1) is 0 Å². The molecule has 0 saturated carbocycles. The number of aliphatic hydroxyl groups is 1. The Bertz CT molecular complexity index is 1040. The van der Waals surface area contributed by atoms with Crippen LogP contribution in [-0.2, 0) is 14.2 Å².